The minimum Gasteiger partial charge on any atom is -0.377 e. The third-order valence-corrected chi connectivity index (χ3v) is 5.35. The highest BCUT2D eigenvalue weighted by atomic mass is 19.1. The van der Waals surface area contributed by atoms with Crippen LogP contribution in [0.4, 0.5) is 15.8 Å². The average Bonchev–Trinajstić information content (AvgIpc) is 2.71. The maximum absolute atomic E-state index is 13.3. The zero-order valence-electron chi connectivity index (χ0n) is 15.1. The van der Waals surface area contributed by atoms with Crippen LogP contribution in [0.15, 0.2) is 42.5 Å². The highest BCUT2D eigenvalue weighted by Crippen LogP contribution is 2.37. The molecule has 1 fully saturated rings. The van der Waals surface area contributed by atoms with Crippen molar-refractivity contribution in [1.82, 2.24) is 5.32 Å². The number of benzene rings is 2. The molecule has 4 rings (SSSR count). The molecule has 1 saturated heterocycles. The van der Waals surface area contributed by atoms with Gasteiger partial charge in [0.15, 0.2) is 0 Å². The van der Waals surface area contributed by atoms with E-state index in [-0.39, 0.29) is 30.0 Å². The molecule has 2 atom stereocenters. The number of nitro benzene ring substituents is 1. The molecule has 2 aliphatic rings. The van der Waals surface area contributed by atoms with Gasteiger partial charge in [-0.05, 0) is 35.7 Å². The Balaban J connectivity index is 1.56. The summed E-state index contributed by atoms with van der Waals surface area (Å²) < 4.78 is 18.9. The first-order valence-corrected chi connectivity index (χ1v) is 9.17. The third kappa shape index (κ3) is 3.55. The summed E-state index contributed by atoms with van der Waals surface area (Å²) >= 11 is 0. The van der Waals surface area contributed by atoms with Gasteiger partial charge in [0.05, 0.1) is 30.1 Å². The van der Waals surface area contributed by atoms with Crippen LogP contribution in [0.3, 0.4) is 0 Å². The van der Waals surface area contributed by atoms with E-state index in [1.165, 1.54) is 18.2 Å². The van der Waals surface area contributed by atoms with Crippen molar-refractivity contribution in [2.75, 3.05) is 24.7 Å². The van der Waals surface area contributed by atoms with Gasteiger partial charge in [0, 0.05) is 30.9 Å². The fourth-order valence-corrected chi connectivity index (χ4v) is 3.99. The molecule has 1 N–H and O–H groups in total. The monoisotopic (exact) mass is 385 g/mol. The summed E-state index contributed by atoms with van der Waals surface area (Å²) in [4.78, 5) is 25.7. The van der Waals surface area contributed by atoms with Crippen molar-refractivity contribution < 1.29 is 18.8 Å². The van der Waals surface area contributed by atoms with Crippen molar-refractivity contribution in [3.8, 4) is 0 Å². The Kier molecular flexibility index (Phi) is 4.95. The molecule has 2 aromatic rings. The van der Waals surface area contributed by atoms with Crippen LogP contribution in [0.2, 0.25) is 0 Å². The smallest absolute Gasteiger partial charge is 0.269 e. The van der Waals surface area contributed by atoms with E-state index in [2.05, 4.69) is 10.2 Å². The minimum atomic E-state index is -0.426. The van der Waals surface area contributed by atoms with E-state index in [9.17, 15) is 19.3 Å². The summed E-state index contributed by atoms with van der Waals surface area (Å²) in [5.74, 6) is -0.914. The minimum absolute atomic E-state index is 0.0179. The molecular formula is C20H20FN3O4. The second kappa shape index (κ2) is 7.55. The fraction of sp³-hybridized carbons (Fsp3) is 0.350. The molecule has 8 heteroatoms. The second-order valence-corrected chi connectivity index (χ2v) is 7.06. The van der Waals surface area contributed by atoms with Crippen LogP contribution in [0.5, 0.6) is 0 Å². The molecule has 2 heterocycles. The fourth-order valence-electron chi connectivity index (χ4n) is 3.99. The van der Waals surface area contributed by atoms with Gasteiger partial charge in [-0.25, -0.2) is 4.39 Å². The van der Waals surface area contributed by atoms with Crippen LogP contribution in [0.25, 0.3) is 0 Å². The van der Waals surface area contributed by atoms with Gasteiger partial charge >= 0.3 is 0 Å². The molecule has 0 radical (unpaired) electrons. The van der Waals surface area contributed by atoms with Crippen LogP contribution in [-0.2, 0) is 22.5 Å². The summed E-state index contributed by atoms with van der Waals surface area (Å²) in [5, 5.41) is 14.0. The number of hydrogen-bond acceptors (Lipinski definition) is 5. The Hall–Kier alpha value is -3.00. The molecule has 0 aromatic heterocycles. The molecule has 0 spiro atoms. The van der Waals surface area contributed by atoms with E-state index in [0.29, 0.717) is 31.7 Å². The standard InChI is InChI=1S/C20H20FN3O4/c21-15-3-1-2-13(8-15)11-22-20(25)17-10-14-9-16(24(26)27)4-5-18(14)23-6-7-28-12-19(17)23/h1-5,8-9,17,19H,6-7,10-12H2,(H,22,25)/t17-,19-/m0/s1. The molecule has 0 aliphatic carbocycles. The molecule has 0 unspecified atom stereocenters. The highest BCUT2D eigenvalue weighted by Gasteiger charge is 2.40. The SMILES string of the molecule is O=C(NCc1cccc(F)c1)[C@H]1Cc2cc([N+](=O)[O-])ccc2N2CCOC[C@@H]12. The molecule has 146 valence electrons. The lowest BCUT2D eigenvalue weighted by Gasteiger charge is -2.45. The largest absolute Gasteiger partial charge is 0.377 e. The zero-order valence-corrected chi connectivity index (χ0v) is 15.1. The number of hydrogen-bond donors (Lipinski definition) is 1. The number of halogens is 1. The zero-order chi connectivity index (χ0) is 19.7. The molecular weight excluding hydrogens is 365 g/mol. The number of morpholine rings is 1. The molecule has 1 amide bonds. The van der Waals surface area contributed by atoms with Crippen molar-refractivity contribution in [3.63, 3.8) is 0 Å². The Morgan fingerprint density at radius 2 is 2.18 bits per heavy atom. The van der Waals surface area contributed by atoms with Crippen LogP contribution < -0.4 is 10.2 Å². The lowest BCUT2D eigenvalue weighted by Crippen LogP contribution is -2.56. The van der Waals surface area contributed by atoms with Gasteiger partial charge in [-0.1, -0.05) is 12.1 Å². The van der Waals surface area contributed by atoms with Gasteiger partial charge in [-0.2, -0.15) is 0 Å². The van der Waals surface area contributed by atoms with Gasteiger partial charge < -0.3 is 15.0 Å². The number of anilines is 1. The summed E-state index contributed by atoms with van der Waals surface area (Å²) in [6.07, 6.45) is 0.399. The molecule has 7 nitrogen and oxygen atoms in total. The van der Waals surface area contributed by atoms with Crippen molar-refractivity contribution >= 4 is 17.3 Å². The van der Waals surface area contributed by atoms with Crippen molar-refractivity contribution in [3.05, 3.63) is 69.5 Å². The van der Waals surface area contributed by atoms with Gasteiger partial charge in [0.25, 0.3) is 5.69 Å². The van der Waals surface area contributed by atoms with Gasteiger partial charge in [-0.3, -0.25) is 14.9 Å². The number of amides is 1. The molecule has 2 aliphatic heterocycles. The normalized spacial score (nSPS) is 20.8. The van der Waals surface area contributed by atoms with E-state index < -0.39 is 10.8 Å². The van der Waals surface area contributed by atoms with Crippen LogP contribution >= 0.6 is 0 Å². The number of nitrogens with zero attached hydrogens (tertiary/aromatic N) is 2. The lowest BCUT2D eigenvalue weighted by atomic mass is 9.84. The number of rotatable bonds is 4. The molecule has 0 bridgehead atoms. The number of non-ortho nitro benzene ring substituents is 1. The summed E-state index contributed by atoms with van der Waals surface area (Å²) in [7, 11) is 0. The number of fused-ring (bicyclic) bond motifs is 3. The van der Waals surface area contributed by atoms with E-state index in [4.69, 9.17) is 4.74 Å². The van der Waals surface area contributed by atoms with E-state index in [1.807, 2.05) is 0 Å². The van der Waals surface area contributed by atoms with Gasteiger partial charge in [0.1, 0.15) is 5.82 Å². The van der Waals surface area contributed by atoms with Gasteiger partial charge in [-0.15, -0.1) is 0 Å². The van der Waals surface area contributed by atoms with E-state index in [0.717, 1.165) is 11.3 Å². The summed E-state index contributed by atoms with van der Waals surface area (Å²) in [5.41, 5.74) is 2.41. The Labute approximate surface area is 161 Å². The summed E-state index contributed by atoms with van der Waals surface area (Å²) in [6, 6.07) is 10.8. The van der Waals surface area contributed by atoms with Crippen LogP contribution in [0, 0.1) is 21.8 Å². The average molecular weight is 385 g/mol. The van der Waals surface area contributed by atoms with Crippen LogP contribution in [0.1, 0.15) is 11.1 Å². The number of ether oxygens (including phenoxy) is 1. The maximum atomic E-state index is 13.3. The summed E-state index contributed by atoms with van der Waals surface area (Å²) in [6.45, 7) is 1.82. The van der Waals surface area contributed by atoms with Crippen molar-refractivity contribution in [1.29, 1.82) is 0 Å². The Bertz CT molecular complexity index is 920. The van der Waals surface area contributed by atoms with Crippen LogP contribution in [-0.4, -0.2) is 36.6 Å². The number of nitrogens with one attached hydrogen (secondary N) is 1. The first-order chi connectivity index (χ1) is 13.5. The molecule has 28 heavy (non-hydrogen) atoms. The topological polar surface area (TPSA) is 84.7 Å². The van der Waals surface area contributed by atoms with Gasteiger partial charge in [0.2, 0.25) is 5.91 Å². The number of carbonyl (C=O) groups is 1. The quantitative estimate of drug-likeness (QED) is 0.645. The number of nitro groups is 1. The van der Waals surface area contributed by atoms with Crippen molar-refractivity contribution in [2.45, 2.75) is 19.0 Å². The maximum Gasteiger partial charge on any atom is 0.269 e. The first kappa shape index (κ1) is 18.4. The van der Waals surface area contributed by atoms with Crippen molar-refractivity contribution in [2.24, 2.45) is 5.92 Å². The predicted octanol–water partition coefficient (Wildman–Crippen LogP) is 2.43. The number of carbonyl (C=O) groups excluding carboxylic acids is 1. The first-order valence-electron chi connectivity index (χ1n) is 9.17. The molecule has 2 aromatic carbocycles. The Morgan fingerprint density at radius 3 is 2.96 bits per heavy atom. The highest BCUT2D eigenvalue weighted by molar-refractivity contribution is 5.82. The lowest BCUT2D eigenvalue weighted by molar-refractivity contribution is -0.384. The predicted molar refractivity (Wildman–Crippen MR) is 100 cm³/mol. The van der Waals surface area contributed by atoms with E-state index in [1.54, 1.807) is 24.3 Å². The molecule has 0 saturated carbocycles. The Morgan fingerprint density at radius 1 is 1.32 bits per heavy atom. The van der Waals surface area contributed by atoms with E-state index >= 15 is 0 Å². The third-order valence-electron chi connectivity index (χ3n) is 5.35. The second-order valence-electron chi connectivity index (χ2n) is 7.06.